The van der Waals surface area contributed by atoms with E-state index in [1.54, 1.807) is 23.9 Å². The number of ether oxygens (including phenoxy) is 2. The van der Waals surface area contributed by atoms with Crippen LogP contribution >= 0.6 is 0 Å². The Labute approximate surface area is 157 Å². The first-order valence-corrected chi connectivity index (χ1v) is 8.75. The van der Waals surface area contributed by atoms with Crippen LogP contribution in [0.4, 0.5) is 0 Å². The van der Waals surface area contributed by atoms with E-state index in [1.807, 2.05) is 13.8 Å². The topological polar surface area (TPSA) is 103 Å². The molecule has 1 fully saturated rings. The SMILES string of the molecule is Cc1nn(C)c(C)c1C(=O)N[C@@H]1CCOC[C@H]1Oc1ccc(C(=O)O)cc1. The lowest BCUT2D eigenvalue weighted by molar-refractivity contribution is -0.0135. The summed E-state index contributed by atoms with van der Waals surface area (Å²) in [6, 6.07) is 5.96. The maximum absolute atomic E-state index is 12.8. The van der Waals surface area contributed by atoms with Crippen molar-refractivity contribution in [3.05, 3.63) is 46.8 Å². The van der Waals surface area contributed by atoms with E-state index in [9.17, 15) is 9.59 Å². The average Bonchev–Trinajstić information content (AvgIpc) is 2.89. The summed E-state index contributed by atoms with van der Waals surface area (Å²) < 4.78 is 13.1. The summed E-state index contributed by atoms with van der Waals surface area (Å²) in [5.74, 6) is -0.641. The first-order valence-electron chi connectivity index (χ1n) is 8.75. The number of aromatic carboxylic acids is 1. The molecule has 2 atom stereocenters. The Morgan fingerprint density at radius 3 is 2.59 bits per heavy atom. The third-order valence-corrected chi connectivity index (χ3v) is 4.75. The van der Waals surface area contributed by atoms with Crippen molar-refractivity contribution in [3.8, 4) is 5.75 Å². The molecule has 27 heavy (non-hydrogen) atoms. The maximum Gasteiger partial charge on any atom is 0.335 e. The minimum Gasteiger partial charge on any atom is -0.486 e. The maximum atomic E-state index is 12.8. The third-order valence-electron chi connectivity index (χ3n) is 4.75. The lowest BCUT2D eigenvalue weighted by atomic mass is 10.0. The lowest BCUT2D eigenvalue weighted by Crippen LogP contribution is -2.51. The number of hydrogen-bond donors (Lipinski definition) is 2. The molecule has 1 amide bonds. The van der Waals surface area contributed by atoms with Crippen LogP contribution in [0, 0.1) is 13.8 Å². The van der Waals surface area contributed by atoms with Gasteiger partial charge in [0.1, 0.15) is 11.9 Å². The summed E-state index contributed by atoms with van der Waals surface area (Å²) >= 11 is 0. The second-order valence-electron chi connectivity index (χ2n) is 6.60. The Kier molecular flexibility index (Phi) is 5.46. The van der Waals surface area contributed by atoms with Gasteiger partial charge >= 0.3 is 5.97 Å². The van der Waals surface area contributed by atoms with Gasteiger partial charge in [0.2, 0.25) is 0 Å². The van der Waals surface area contributed by atoms with Gasteiger partial charge in [-0.15, -0.1) is 0 Å². The number of hydrogen-bond acceptors (Lipinski definition) is 5. The van der Waals surface area contributed by atoms with Crippen LogP contribution < -0.4 is 10.1 Å². The second kappa shape index (κ2) is 7.79. The van der Waals surface area contributed by atoms with Crippen molar-refractivity contribution in [1.82, 2.24) is 15.1 Å². The zero-order valence-corrected chi connectivity index (χ0v) is 15.6. The Balaban J connectivity index is 1.71. The van der Waals surface area contributed by atoms with Crippen LogP contribution in [0.5, 0.6) is 5.75 Å². The van der Waals surface area contributed by atoms with Gasteiger partial charge in [-0.1, -0.05) is 0 Å². The Morgan fingerprint density at radius 1 is 1.30 bits per heavy atom. The van der Waals surface area contributed by atoms with E-state index in [4.69, 9.17) is 14.6 Å². The molecule has 1 aromatic heterocycles. The zero-order chi connectivity index (χ0) is 19.6. The molecular weight excluding hydrogens is 350 g/mol. The van der Waals surface area contributed by atoms with Crippen molar-refractivity contribution >= 4 is 11.9 Å². The number of benzene rings is 1. The van der Waals surface area contributed by atoms with Crippen molar-refractivity contribution in [1.29, 1.82) is 0 Å². The molecule has 1 aliphatic rings. The van der Waals surface area contributed by atoms with Gasteiger partial charge in [-0.25, -0.2) is 4.79 Å². The summed E-state index contributed by atoms with van der Waals surface area (Å²) in [5, 5.41) is 16.3. The van der Waals surface area contributed by atoms with Gasteiger partial charge in [0.25, 0.3) is 5.91 Å². The van der Waals surface area contributed by atoms with Crippen molar-refractivity contribution < 1.29 is 24.2 Å². The molecule has 0 bridgehead atoms. The van der Waals surface area contributed by atoms with Gasteiger partial charge in [-0.05, 0) is 44.5 Å². The molecule has 1 aliphatic heterocycles. The predicted octanol–water partition coefficient (Wildman–Crippen LogP) is 1.70. The summed E-state index contributed by atoms with van der Waals surface area (Å²) in [7, 11) is 1.81. The van der Waals surface area contributed by atoms with Crippen LogP contribution in [-0.2, 0) is 11.8 Å². The van der Waals surface area contributed by atoms with Gasteiger partial charge in [-0.2, -0.15) is 5.10 Å². The highest BCUT2D eigenvalue weighted by atomic mass is 16.5. The normalized spacial score (nSPS) is 19.5. The van der Waals surface area contributed by atoms with Crippen LogP contribution in [-0.4, -0.2) is 52.1 Å². The largest absolute Gasteiger partial charge is 0.486 e. The predicted molar refractivity (Wildman–Crippen MR) is 97.2 cm³/mol. The summed E-state index contributed by atoms with van der Waals surface area (Å²) in [6.45, 7) is 4.55. The van der Waals surface area contributed by atoms with E-state index in [0.29, 0.717) is 36.6 Å². The van der Waals surface area contributed by atoms with Crippen LogP contribution in [0.2, 0.25) is 0 Å². The van der Waals surface area contributed by atoms with E-state index < -0.39 is 5.97 Å². The summed E-state index contributed by atoms with van der Waals surface area (Å²) in [4.78, 5) is 23.7. The van der Waals surface area contributed by atoms with E-state index >= 15 is 0 Å². The Hall–Kier alpha value is -2.87. The molecular formula is C19H23N3O5. The lowest BCUT2D eigenvalue weighted by Gasteiger charge is -2.32. The van der Waals surface area contributed by atoms with Crippen molar-refractivity contribution in [3.63, 3.8) is 0 Å². The van der Waals surface area contributed by atoms with Crippen molar-refractivity contribution in [2.45, 2.75) is 32.4 Å². The van der Waals surface area contributed by atoms with Crippen molar-refractivity contribution in [2.75, 3.05) is 13.2 Å². The highest BCUT2D eigenvalue weighted by molar-refractivity contribution is 5.96. The number of carbonyl (C=O) groups excluding carboxylic acids is 1. The Morgan fingerprint density at radius 2 is 2.00 bits per heavy atom. The fourth-order valence-corrected chi connectivity index (χ4v) is 3.19. The molecule has 1 aromatic carbocycles. The standard InChI is InChI=1S/C19H23N3O5/c1-11-17(12(2)22(3)21-11)18(23)20-15-8-9-26-10-16(15)27-14-6-4-13(5-7-14)19(24)25/h4-7,15-16H,8-10H2,1-3H3,(H,20,23)(H,24,25)/t15-,16-/m1/s1. The quantitative estimate of drug-likeness (QED) is 0.827. The molecule has 2 aromatic rings. The number of carboxylic acid groups (broad SMARTS) is 1. The molecule has 0 unspecified atom stereocenters. The van der Waals surface area contributed by atoms with Gasteiger partial charge in [0, 0.05) is 19.3 Å². The number of aryl methyl sites for hydroxylation is 2. The van der Waals surface area contributed by atoms with Crippen molar-refractivity contribution in [2.24, 2.45) is 7.05 Å². The van der Waals surface area contributed by atoms with E-state index in [0.717, 1.165) is 5.69 Å². The fourth-order valence-electron chi connectivity index (χ4n) is 3.19. The number of rotatable bonds is 5. The molecule has 2 N–H and O–H groups in total. The Bertz CT molecular complexity index is 844. The number of carboxylic acids is 1. The molecule has 1 saturated heterocycles. The van der Waals surface area contributed by atoms with Crippen LogP contribution in [0.1, 0.15) is 38.5 Å². The number of nitrogens with one attached hydrogen (secondary N) is 1. The summed E-state index contributed by atoms with van der Waals surface area (Å²) in [5.41, 5.74) is 2.25. The van der Waals surface area contributed by atoms with E-state index in [-0.39, 0.29) is 23.6 Å². The molecule has 2 heterocycles. The first kappa shape index (κ1) is 18.9. The van der Waals surface area contributed by atoms with Crippen LogP contribution in [0.15, 0.2) is 24.3 Å². The average molecular weight is 373 g/mol. The van der Waals surface area contributed by atoms with Crippen LogP contribution in [0.3, 0.4) is 0 Å². The van der Waals surface area contributed by atoms with E-state index in [1.165, 1.54) is 12.1 Å². The fraction of sp³-hybridized carbons (Fsp3) is 0.421. The highest BCUT2D eigenvalue weighted by Gasteiger charge is 2.30. The van der Waals surface area contributed by atoms with Gasteiger partial charge < -0.3 is 19.9 Å². The molecule has 144 valence electrons. The monoisotopic (exact) mass is 373 g/mol. The summed E-state index contributed by atoms with van der Waals surface area (Å²) in [6.07, 6.45) is 0.262. The molecule has 0 saturated carbocycles. The molecule has 8 heteroatoms. The second-order valence-corrected chi connectivity index (χ2v) is 6.60. The third kappa shape index (κ3) is 4.11. The molecule has 0 spiro atoms. The van der Waals surface area contributed by atoms with E-state index in [2.05, 4.69) is 10.4 Å². The number of amides is 1. The van der Waals surface area contributed by atoms with Gasteiger partial charge in [0.15, 0.2) is 0 Å². The van der Waals surface area contributed by atoms with Crippen LogP contribution in [0.25, 0.3) is 0 Å². The molecule has 3 rings (SSSR count). The minimum absolute atomic E-state index is 0.181. The molecule has 0 aliphatic carbocycles. The minimum atomic E-state index is -0.991. The highest BCUT2D eigenvalue weighted by Crippen LogP contribution is 2.20. The zero-order valence-electron chi connectivity index (χ0n) is 15.6. The molecule has 8 nitrogen and oxygen atoms in total. The number of nitrogens with zero attached hydrogens (tertiary/aromatic N) is 2. The van der Waals surface area contributed by atoms with Gasteiger partial charge in [-0.3, -0.25) is 9.48 Å². The smallest absolute Gasteiger partial charge is 0.335 e. The van der Waals surface area contributed by atoms with Gasteiger partial charge in [0.05, 0.1) is 29.5 Å². The first-order chi connectivity index (χ1) is 12.9. The number of carbonyl (C=O) groups is 2. The number of aromatic nitrogens is 2. The molecule has 0 radical (unpaired) electrons.